The van der Waals surface area contributed by atoms with Gasteiger partial charge in [0.05, 0.1) is 0 Å². The standard InChI is InChI=1S/C18H19BrN2O/c1-13-2-4-14(5-3-13)12-21(22)9-8-15-11-20-18-7-6-16(19)10-17(15)18/h2,4,6-7,10-12,20H,3,5,8-9H2,1H3/b21-12+. The zero-order valence-corrected chi connectivity index (χ0v) is 14.2. The summed E-state index contributed by atoms with van der Waals surface area (Å²) >= 11 is 3.50. The lowest BCUT2D eigenvalue weighted by atomic mass is 10.0. The van der Waals surface area contributed by atoms with Crippen LogP contribution in [0, 0.1) is 5.21 Å². The fourth-order valence-corrected chi connectivity index (χ4v) is 3.06. The largest absolute Gasteiger partial charge is 0.624 e. The van der Waals surface area contributed by atoms with Gasteiger partial charge in [-0.15, -0.1) is 0 Å². The SMILES string of the molecule is CC1=CC=C(/C=[N+](/[O-])CCc2c[nH]c3ccc(Br)cc23)CC1. The zero-order chi connectivity index (χ0) is 15.5. The summed E-state index contributed by atoms with van der Waals surface area (Å²) in [5.74, 6) is 0. The van der Waals surface area contributed by atoms with Crippen LogP contribution in [0.4, 0.5) is 0 Å². The lowest BCUT2D eigenvalue weighted by molar-refractivity contribution is -0.451. The zero-order valence-electron chi connectivity index (χ0n) is 12.6. The number of nitrogens with one attached hydrogen (secondary N) is 1. The van der Waals surface area contributed by atoms with Crippen molar-refractivity contribution in [2.45, 2.75) is 26.2 Å². The Morgan fingerprint density at radius 3 is 2.95 bits per heavy atom. The van der Waals surface area contributed by atoms with Crippen LogP contribution in [0.5, 0.6) is 0 Å². The molecule has 114 valence electrons. The molecule has 0 saturated heterocycles. The molecule has 1 N–H and O–H groups in total. The van der Waals surface area contributed by atoms with Crippen LogP contribution in [0.1, 0.15) is 25.3 Å². The number of rotatable bonds is 4. The molecule has 0 fully saturated rings. The van der Waals surface area contributed by atoms with E-state index >= 15 is 0 Å². The molecule has 0 bridgehead atoms. The average molecular weight is 359 g/mol. The Kier molecular flexibility index (Phi) is 4.48. The van der Waals surface area contributed by atoms with E-state index in [0.29, 0.717) is 6.54 Å². The predicted octanol–water partition coefficient (Wildman–Crippen LogP) is 4.72. The number of benzene rings is 1. The number of hydroxylamine groups is 1. The van der Waals surface area contributed by atoms with Gasteiger partial charge in [-0.25, -0.2) is 4.74 Å². The summed E-state index contributed by atoms with van der Waals surface area (Å²) in [5, 5.41) is 13.3. The van der Waals surface area contributed by atoms with Gasteiger partial charge < -0.3 is 10.2 Å². The van der Waals surface area contributed by atoms with Gasteiger partial charge in [-0.2, -0.15) is 0 Å². The molecule has 0 saturated carbocycles. The molecule has 1 aliphatic rings. The summed E-state index contributed by atoms with van der Waals surface area (Å²) in [5.41, 5.74) is 4.77. The number of halogens is 1. The first kappa shape index (κ1) is 15.1. The number of fused-ring (bicyclic) bond motifs is 1. The van der Waals surface area contributed by atoms with Gasteiger partial charge in [0, 0.05) is 33.6 Å². The van der Waals surface area contributed by atoms with Crippen LogP contribution < -0.4 is 0 Å². The Bertz CT molecular complexity index is 783. The van der Waals surface area contributed by atoms with E-state index in [2.05, 4.69) is 40.0 Å². The van der Waals surface area contributed by atoms with Crippen LogP contribution in [0.3, 0.4) is 0 Å². The number of aromatic nitrogens is 1. The quantitative estimate of drug-likeness (QED) is 0.365. The molecule has 0 amide bonds. The van der Waals surface area contributed by atoms with E-state index in [-0.39, 0.29) is 0 Å². The number of hydrogen-bond acceptors (Lipinski definition) is 1. The van der Waals surface area contributed by atoms with Crippen LogP contribution in [0.2, 0.25) is 0 Å². The van der Waals surface area contributed by atoms with Crippen molar-refractivity contribution in [2.75, 3.05) is 6.54 Å². The third-order valence-electron chi connectivity index (χ3n) is 4.03. The molecule has 0 aliphatic heterocycles. The molecule has 1 heterocycles. The van der Waals surface area contributed by atoms with E-state index in [4.69, 9.17) is 0 Å². The van der Waals surface area contributed by atoms with E-state index in [1.165, 1.54) is 16.5 Å². The molecular weight excluding hydrogens is 340 g/mol. The second-order valence-electron chi connectivity index (χ2n) is 5.78. The summed E-state index contributed by atoms with van der Waals surface area (Å²) in [6, 6.07) is 6.16. The van der Waals surface area contributed by atoms with Gasteiger partial charge in [0.15, 0.2) is 12.8 Å². The van der Waals surface area contributed by atoms with Gasteiger partial charge >= 0.3 is 0 Å². The molecule has 1 aromatic heterocycles. The summed E-state index contributed by atoms with van der Waals surface area (Å²) < 4.78 is 2.11. The molecule has 2 aromatic rings. The molecule has 0 atom stereocenters. The molecule has 3 rings (SSSR count). The molecule has 0 unspecified atom stereocenters. The molecular formula is C18H19BrN2O. The topological polar surface area (TPSA) is 41.9 Å². The van der Waals surface area contributed by atoms with Crippen LogP contribution >= 0.6 is 15.9 Å². The number of aromatic amines is 1. The highest BCUT2D eigenvalue weighted by molar-refractivity contribution is 9.10. The van der Waals surface area contributed by atoms with Gasteiger partial charge in [0.1, 0.15) is 0 Å². The predicted molar refractivity (Wildman–Crippen MR) is 95.3 cm³/mol. The lowest BCUT2D eigenvalue weighted by Gasteiger charge is -2.09. The van der Waals surface area contributed by atoms with Crippen LogP contribution in [0.15, 0.2) is 52.2 Å². The average Bonchev–Trinajstić information content (AvgIpc) is 2.90. The Labute approximate surface area is 138 Å². The minimum atomic E-state index is 0.472. The van der Waals surface area contributed by atoms with Crippen molar-refractivity contribution in [2.24, 2.45) is 0 Å². The first-order chi connectivity index (χ1) is 10.6. The highest BCUT2D eigenvalue weighted by atomic mass is 79.9. The number of H-pyrrole nitrogens is 1. The van der Waals surface area contributed by atoms with Crippen molar-refractivity contribution in [3.63, 3.8) is 0 Å². The third kappa shape index (κ3) is 3.50. The van der Waals surface area contributed by atoms with Crippen LogP contribution in [-0.2, 0) is 6.42 Å². The smallest absolute Gasteiger partial charge is 0.177 e. The van der Waals surface area contributed by atoms with Gasteiger partial charge in [-0.05, 0) is 43.5 Å². The molecule has 1 aromatic carbocycles. The Morgan fingerprint density at radius 2 is 2.18 bits per heavy atom. The van der Waals surface area contributed by atoms with Crippen molar-refractivity contribution >= 4 is 33.0 Å². The molecule has 0 spiro atoms. The van der Waals surface area contributed by atoms with E-state index in [9.17, 15) is 5.21 Å². The van der Waals surface area contributed by atoms with Crippen LogP contribution in [-0.4, -0.2) is 22.5 Å². The third-order valence-corrected chi connectivity index (χ3v) is 4.52. The summed E-state index contributed by atoms with van der Waals surface area (Å²) in [6.45, 7) is 2.59. The maximum Gasteiger partial charge on any atom is 0.177 e. The normalized spacial score (nSPS) is 15.8. The summed E-state index contributed by atoms with van der Waals surface area (Å²) in [4.78, 5) is 3.25. The van der Waals surface area contributed by atoms with Crippen molar-refractivity contribution < 1.29 is 4.74 Å². The van der Waals surface area contributed by atoms with Crippen molar-refractivity contribution in [3.8, 4) is 0 Å². The minimum Gasteiger partial charge on any atom is -0.624 e. The van der Waals surface area contributed by atoms with Gasteiger partial charge in [0.25, 0.3) is 0 Å². The summed E-state index contributed by atoms with van der Waals surface area (Å²) in [7, 11) is 0. The molecule has 22 heavy (non-hydrogen) atoms. The minimum absolute atomic E-state index is 0.472. The Morgan fingerprint density at radius 1 is 1.32 bits per heavy atom. The summed E-state index contributed by atoms with van der Waals surface area (Å²) in [6.07, 6.45) is 10.6. The van der Waals surface area contributed by atoms with Gasteiger partial charge in [-0.1, -0.05) is 33.7 Å². The van der Waals surface area contributed by atoms with Crippen molar-refractivity contribution in [1.29, 1.82) is 0 Å². The second-order valence-corrected chi connectivity index (χ2v) is 6.69. The maximum atomic E-state index is 12.1. The lowest BCUT2D eigenvalue weighted by Crippen LogP contribution is -2.11. The molecule has 4 heteroatoms. The van der Waals surface area contributed by atoms with Gasteiger partial charge in [-0.3, -0.25) is 0 Å². The van der Waals surface area contributed by atoms with Crippen molar-refractivity contribution in [1.82, 2.24) is 4.98 Å². The molecule has 1 aliphatic carbocycles. The number of hydrogen-bond donors (Lipinski definition) is 1. The molecule has 3 nitrogen and oxygen atoms in total. The number of nitrogens with zero attached hydrogens (tertiary/aromatic N) is 1. The fraction of sp³-hybridized carbons (Fsp3) is 0.278. The van der Waals surface area contributed by atoms with Crippen molar-refractivity contribution in [3.05, 3.63) is 62.9 Å². The number of allylic oxidation sites excluding steroid dienone is 4. The van der Waals surface area contributed by atoms with E-state index in [0.717, 1.165) is 39.6 Å². The Balaban J connectivity index is 1.70. The van der Waals surface area contributed by atoms with E-state index in [1.54, 1.807) is 6.21 Å². The first-order valence-corrected chi connectivity index (χ1v) is 8.31. The highest BCUT2D eigenvalue weighted by Crippen LogP contribution is 2.23. The Hall–Kier alpha value is -1.81. The van der Waals surface area contributed by atoms with E-state index < -0.39 is 0 Å². The van der Waals surface area contributed by atoms with Crippen LogP contribution in [0.25, 0.3) is 10.9 Å². The second kappa shape index (κ2) is 6.53. The molecule has 0 radical (unpaired) electrons. The van der Waals surface area contributed by atoms with Gasteiger partial charge in [0.2, 0.25) is 0 Å². The maximum absolute atomic E-state index is 12.1. The fourth-order valence-electron chi connectivity index (χ4n) is 2.70. The first-order valence-electron chi connectivity index (χ1n) is 7.52. The van der Waals surface area contributed by atoms with E-state index in [1.807, 2.05) is 24.4 Å². The highest BCUT2D eigenvalue weighted by Gasteiger charge is 2.08. The monoisotopic (exact) mass is 358 g/mol.